The third-order valence-corrected chi connectivity index (χ3v) is 3.04. The molecule has 1 heterocycles. The second-order valence-electron chi connectivity index (χ2n) is 4.65. The molecular formula is C10H20N2O2. The van der Waals surface area contributed by atoms with E-state index in [4.69, 9.17) is 5.11 Å². The maximum Gasteiger partial charge on any atom is 0.304 e. The van der Waals surface area contributed by atoms with Crippen LogP contribution in [0.5, 0.6) is 0 Å². The summed E-state index contributed by atoms with van der Waals surface area (Å²) in [6, 6.07) is 0. The topological polar surface area (TPSA) is 43.8 Å². The molecular weight excluding hydrogens is 180 g/mol. The first kappa shape index (κ1) is 11.5. The second-order valence-corrected chi connectivity index (χ2v) is 4.65. The largest absolute Gasteiger partial charge is 0.481 e. The molecule has 0 aromatic rings. The molecule has 1 rings (SSSR count). The Hall–Kier alpha value is -0.610. The maximum atomic E-state index is 10.4. The van der Waals surface area contributed by atoms with Gasteiger partial charge in [0.1, 0.15) is 0 Å². The highest BCUT2D eigenvalue weighted by Gasteiger charge is 2.30. The number of rotatable bonds is 3. The lowest BCUT2D eigenvalue weighted by molar-refractivity contribution is -0.137. The predicted octanol–water partition coefficient (Wildman–Crippen LogP) is 0.487. The Morgan fingerprint density at radius 1 is 1.43 bits per heavy atom. The van der Waals surface area contributed by atoms with Crippen LogP contribution in [0.4, 0.5) is 0 Å². The van der Waals surface area contributed by atoms with Crippen LogP contribution < -0.4 is 0 Å². The van der Waals surface area contributed by atoms with E-state index in [0.29, 0.717) is 6.54 Å². The molecule has 0 spiro atoms. The Morgan fingerprint density at radius 3 is 2.57 bits per heavy atom. The van der Waals surface area contributed by atoms with Crippen molar-refractivity contribution in [1.82, 2.24) is 9.80 Å². The highest BCUT2D eigenvalue weighted by Crippen LogP contribution is 2.18. The van der Waals surface area contributed by atoms with Gasteiger partial charge in [0.25, 0.3) is 0 Å². The summed E-state index contributed by atoms with van der Waals surface area (Å²) < 4.78 is 0. The van der Waals surface area contributed by atoms with Crippen LogP contribution in [0.15, 0.2) is 0 Å². The fourth-order valence-corrected chi connectivity index (χ4v) is 1.79. The summed E-state index contributed by atoms with van der Waals surface area (Å²) in [6.07, 6.45) is 0.250. The zero-order valence-corrected chi connectivity index (χ0v) is 9.29. The molecule has 1 N–H and O–H groups in total. The van der Waals surface area contributed by atoms with Crippen LogP contribution >= 0.6 is 0 Å². The van der Waals surface area contributed by atoms with Crippen molar-refractivity contribution < 1.29 is 9.90 Å². The van der Waals surface area contributed by atoms with Crippen LogP contribution in [0.2, 0.25) is 0 Å². The third kappa shape index (κ3) is 2.96. The van der Waals surface area contributed by atoms with Crippen LogP contribution in [0, 0.1) is 0 Å². The van der Waals surface area contributed by atoms with Crippen molar-refractivity contribution in [3.05, 3.63) is 0 Å². The quantitative estimate of drug-likeness (QED) is 0.720. The lowest BCUT2D eigenvalue weighted by Gasteiger charge is -2.45. The van der Waals surface area contributed by atoms with Crippen molar-refractivity contribution in [3.63, 3.8) is 0 Å². The number of hydrogen-bond acceptors (Lipinski definition) is 3. The Bertz CT molecular complexity index is 216. The molecule has 1 fully saturated rings. The summed E-state index contributed by atoms with van der Waals surface area (Å²) in [7, 11) is 2.12. The summed E-state index contributed by atoms with van der Waals surface area (Å²) in [5.74, 6) is -0.707. The van der Waals surface area contributed by atoms with Gasteiger partial charge in [-0.05, 0) is 20.9 Å². The number of likely N-dealkylation sites (N-methyl/N-ethyl adjacent to an activating group) is 1. The molecule has 1 saturated heterocycles. The van der Waals surface area contributed by atoms with E-state index >= 15 is 0 Å². The molecule has 1 aliphatic heterocycles. The van der Waals surface area contributed by atoms with Crippen LogP contribution in [0.3, 0.4) is 0 Å². The van der Waals surface area contributed by atoms with Gasteiger partial charge in [-0.2, -0.15) is 0 Å². The van der Waals surface area contributed by atoms with Gasteiger partial charge in [-0.3, -0.25) is 14.6 Å². The number of hydrogen-bond donors (Lipinski definition) is 1. The van der Waals surface area contributed by atoms with E-state index in [1.807, 2.05) is 0 Å². The molecule has 0 radical (unpaired) electrons. The van der Waals surface area contributed by atoms with E-state index < -0.39 is 5.97 Å². The number of carboxylic acids is 1. The van der Waals surface area contributed by atoms with E-state index in [1.54, 1.807) is 0 Å². The summed E-state index contributed by atoms with van der Waals surface area (Å²) in [4.78, 5) is 15.0. The first-order chi connectivity index (χ1) is 6.42. The highest BCUT2D eigenvalue weighted by molar-refractivity contribution is 5.66. The van der Waals surface area contributed by atoms with Gasteiger partial charge in [-0.25, -0.2) is 0 Å². The Balaban J connectivity index is 2.39. The van der Waals surface area contributed by atoms with Crippen LogP contribution in [-0.4, -0.2) is 59.6 Å². The molecule has 4 nitrogen and oxygen atoms in total. The predicted molar refractivity (Wildman–Crippen MR) is 55.4 cm³/mol. The first-order valence-electron chi connectivity index (χ1n) is 5.07. The molecule has 0 aliphatic carbocycles. The zero-order valence-electron chi connectivity index (χ0n) is 9.29. The summed E-state index contributed by atoms with van der Waals surface area (Å²) in [5, 5.41) is 8.59. The van der Waals surface area contributed by atoms with Gasteiger partial charge in [0, 0.05) is 31.7 Å². The van der Waals surface area contributed by atoms with Gasteiger partial charge in [-0.1, -0.05) is 0 Å². The van der Waals surface area contributed by atoms with E-state index in [0.717, 1.165) is 19.6 Å². The molecule has 82 valence electrons. The van der Waals surface area contributed by atoms with Gasteiger partial charge in [0.2, 0.25) is 0 Å². The van der Waals surface area contributed by atoms with Crippen LogP contribution in [-0.2, 0) is 4.79 Å². The lowest BCUT2D eigenvalue weighted by atomic mass is 10.00. The molecule has 0 amide bonds. The van der Waals surface area contributed by atoms with Crippen LogP contribution in [0.25, 0.3) is 0 Å². The Kier molecular flexibility index (Phi) is 3.50. The van der Waals surface area contributed by atoms with Gasteiger partial charge in [-0.15, -0.1) is 0 Å². The smallest absolute Gasteiger partial charge is 0.304 e. The molecule has 4 heteroatoms. The van der Waals surface area contributed by atoms with E-state index in [-0.39, 0.29) is 12.0 Å². The monoisotopic (exact) mass is 200 g/mol. The average molecular weight is 200 g/mol. The van der Waals surface area contributed by atoms with Crippen molar-refractivity contribution in [2.45, 2.75) is 25.8 Å². The molecule has 0 unspecified atom stereocenters. The Labute approximate surface area is 85.5 Å². The van der Waals surface area contributed by atoms with E-state index in [1.165, 1.54) is 0 Å². The minimum absolute atomic E-state index is 0.163. The standard InChI is InChI=1S/C10H20N2O2/c1-10(2)8-12(5-4-9(13)14)7-6-11(10)3/h4-8H2,1-3H3,(H,13,14). The number of carbonyl (C=O) groups is 1. The zero-order chi connectivity index (χ0) is 10.8. The summed E-state index contributed by atoms with van der Waals surface area (Å²) in [6.45, 7) is 8.02. The first-order valence-corrected chi connectivity index (χ1v) is 5.07. The van der Waals surface area contributed by atoms with Gasteiger partial charge >= 0.3 is 5.97 Å². The molecule has 0 aromatic carbocycles. The maximum absolute atomic E-state index is 10.4. The minimum Gasteiger partial charge on any atom is -0.481 e. The fraction of sp³-hybridized carbons (Fsp3) is 0.900. The fourth-order valence-electron chi connectivity index (χ4n) is 1.79. The van der Waals surface area contributed by atoms with Gasteiger partial charge < -0.3 is 5.11 Å². The summed E-state index contributed by atoms with van der Waals surface area (Å²) in [5.41, 5.74) is 0.163. The van der Waals surface area contributed by atoms with Crippen molar-refractivity contribution in [2.75, 3.05) is 33.2 Å². The summed E-state index contributed by atoms with van der Waals surface area (Å²) >= 11 is 0. The molecule has 0 saturated carbocycles. The molecule has 0 bridgehead atoms. The normalized spacial score (nSPS) is 23.6. The molecule has 1 aliphatic rings. The van der Waals surface area contributed by atoms with Crippen LogP contribution in [0.1, 0.15) is 20.3 Å². The molecule has 0 aromatic heterocycles. The lowest BCUT2D eigenvalue weighted by Crippen LogP contribution is -2.57. The number of nitrogens with zero attached hydrogens (tertiary/aromatic N) is 2. The van der Waals surface area contributed by atoms with Crippen molar-refractivity contribution in [2.24, 2.45) is 0 Å². The average Bonchev–Trinajstić information content (AvgIpc) is 2.07. The van der Waals surface area contributed by atoms with Crippen molar-refractivity contribution in [3.8, 4) is 0 Å². The van der Waals surface area contributed by atoms with E-state index in [9.17, 15) is 4.79 Å². The van der Waals surface area contributed by atoms with E-state index in [2.05, 4.69) is 30.7 Å². The minimum atomic E-state index is -0.707. The molecule has 14 heavy (non-hydrogen) atoms. The van der Waals surface area contributed by atoms with Crippen molar-refractivity contribution >= 4 is 5.97 Å². The number of aliphatic carboxylic acids is 1. The molecule has 0 atom stereocenters. The Morgan fingerprint density at radius 2 is 2.07 bits per heavy atom. The highest BCUT2D eigenvalue weighted by atomic mass is 16.4. The number of carboxylic acid groups (broad SMARTS) is 1. The third-order valence-electron chi connectivity index (χ3n) is 3.04. The van der Waals surface area contributed by atoms with Gasteiger partial charge in [0.05, 0.1) is 6.42 Å². The second kappa shape index (κ2) is 4.28. The van der Waals surface area contributed by atoms with Gasteiger partial charge in [0.15, 0.2) is 0 Å². The SMILES string of the molecule is CN1CCN(CCC(=O)O)CC1(C)C. The van der Waals surface area contributed by atoms with Crippen molar-refractivity contribution in [1.29, 1.82) is 0 Å². The number of piperazine rings is 1.